The van der Waals surface area contributed by atoms with E-state index in [1.165, 1.54) is 6.07 Å². The lowest BCUT2D eigenvalue weighted by molar-refractivity contribution is 0.639. The predicted octanol–water partition coefficient (Wildman–Crippen LogP) is 2.05. The van der Waals surface area contributed by atoms with Gasteiger partial charge in [-0.25, -0.2) is 4.39 Å². The number of nitrogens with one attached hydrogen (secondary N) is 1. The number of aromatic amines is 1. The Morgan fingerprint density at radius 3 is 3.00 bits per heavy atom. The van der Waals surface area contributed by atoms with Gasteiger partial charge in [0.25, 0.3) is 0 Å². The maximum atomic E-state index is 13.2. The van der Waals surface area contributed by atoms with E-state index >= 15 is 0 Å². The monoisotopic (exact) mass is 229 g/mol. The van der Waals surface area contributed by atoms with Crippen molar-refractivity contribution in [2.24, 2.45) is 0 Å². The summed E-state index contributed by atoms with van der Waals surface area (Å²) in [6.07, 6.45) is 0. The van der Waals surface area contributed by atoms with Gasteiger partial charge in [-0.2, -0.15) is 5.10 Å². The van der Waals surface area contributed by atoms with Crippen LogP contribution in [0.2, 0.25) is 0 Å². The van der Waals surface area contributed by atoms with E-state index in [4.69, 9.17) is 5.73 Å². The van der Waals surface area contributed by atoms with Crippen molar-refractivity contribution in [3.63, 3.8) is 0 Å². The fourth-order valence-corrected chi connectivity index (χ4v) is 1.53. The molecule has 0 bridgehead atoms. The minimum atomic E-state index is -0.370. The lowest BCUT2D eigenvalue weighted by Crippen LogP contribution is -1.86. The van der Waals surface area contributed by atoms with Crippen LogP contribution >= 0.6 is 15.9 Å². The van der Waals surface area contributed by atoms with E-state index in [2.05, 4.69) is 26.1 Å². The molecular weight excluding hydrogens is 225 g/mol. The van der Waals surface area contributed by atoms with Gasteiger partial charge in [0.05, 0.1) is 10.9 Å². The molecule has 0 saturated heterocycles. The normalized spacial score (nSPS) is 10.8. The van der Waals surface area contributed by atoms with Crippen molar-refractivity contribution >= 4 is 32.7 Å². The molecule has 0 saturated carbocycles. The Labute approximate surface area is 75.9 Å². The average molecular weight is 230 g/mol. The third-order valence-electron chi connectivity index (χ3n) is 1.61. The van der Waals surface area contributed by atoms with E-state index in [1.807, 2.05) is 0 Å². The summed E-state index contributed by atoms with van der Waals surface area (Å²) < 4.78 is 13.8. The van der Waals surface area contributed by atoms with Crippen LogP contribution in [-0.4, -0.2) is 10.2 Å². The van der Waals surface area contributed by atoms with E-state index in [-0.39, 0.29) is 11.6 Å². The van der Waals surface area contributed by atoms with Crippen LogP contribution in [0.5, 0.6) is 0 Å². The van der Waals surface area contributed by atoms with Gasteiger partial charge in [-0.15, -0.1) is 0 Å². The minimum Gasteiger partial charge on any atom is -0.382 e. The Hall–Kier alpha value is -1.10. The third-order valence-corrected chi connectivity index (χ3v) is 2.07. The number of nitrogens with zero attached hydrogens (tertiary/aromatic N) is 1. The topological polar surface area (TPSA) is 54.7 Å². The number of hydrogen-bond acceptors (Lipinski definition) is 2. The molecule has 3 nitrogen and oxygen atoms in total. The van der Waals surface area contributed by atoms with Gasteiger partial charge in [-0.1, -0.05) is 15.9 Å². The highest BCUT2D eigenvalue weighted by Crippen LogP contribution is 2.25. The molecule has 0 atom stereocenters. The number of benzene rings is 1. The highest BCUT2D eigenvalue weighted by atomic mass is 79.9. The van der Waals surface area contributed by atoms with Crippen LogP contribution in [0.25, 0.3) is 10.9 Å². The van der Waals surface area contributed by atoms with Crippen LogP contribution in [0.4, 0.5) is 10.2 Å². The second-order valence-corrected chi connectivity index (χ2v) is 3.33. The zero-order valence-corrected chi connectivity index (χ0v) is 7.52. The molecule has 0 fully saturated rings. The molecule has 3 N–H and O–H groups in total. The Kier molecular flexibility index (Phi) is 1.54. The molecule has 0 spiro atoms. The van der Waals surface area contributed by atoms with Crippen LogP contribution in [0, 0.1) is 5.82 Å². The standard InChI is InChI=1S/C7H5BrFN3/c8-3-1-4(9)6-5(2-3)11-12-7(6)10/h1-2H,(H3,10,11,12). The lowest BCUT2D eigenvalue weighted by atomic mass is 10.2. The molecule has 0 unspecified atom stereocenters. The van der Waals surface area contributed by atoms with E-state index in [9.17, 15) is 4.39 Å². The number of H-pyrrole nitrogens is 1. The number of hydrogen-bond donors (Lipinski definition) is 2. The van der Waals surface area contributed by atoms with Gasteiger partial charge < -0.3 is 5.73 Å². The van der Waals surface area contributed by atoms with Gasteiger partial charge >= 0.3 is 0 Å². The van der Waals surface area contributed by atoms with Gasteiger partial charge in [-0.3, -0.25) is 5.10 Å². The summed E-state index contributed by atoms with van der Waals surface area (Å²) in [7, 11) is 0. The summed E-state index contributed by atoms with van der Waals surface area (Å²) in [5.41, 5.74) is 6.03. The Morgan fingerprint density at radius 2 is 2.25 bits per heavy atom. The van der Waals surface area contributed by atoms with Gasteiger partial charge in [0.2, 0.25) is 0 Å². The Morgan fingerprint density at radius 1 is 1.50 bits per heavy atom. The summed E-state index contributed by atoms with van der Waals surface area (Å²) >= 11 is 3.16. The summed E-state index contributed by atoms with van der Waals surface area (Å²) in [4.78, 5) is 0. The molecule has 12 heavy (non-hydrogen) atoms. The van der Waals surface area contributed by atoms with Crippen molar-refractivity contribution in [2.45, 2.75) is 0 Å². The highest BCUT2D eigenvalue weighted by molar-refractivity contribution is 9.10. The quantitative estimate of drug-likeness (QED) is 0.727. The second kappa shape index (κ2) is 2.45. The number of nitrogen functional groups attached to an aromatic ring is 1. The molecule has 5 heteroatoms. The fourth-order valence-electron chi connectivity index (χ4n) is 1.10. The molecule has 0 aliphatic carbocycles. The summed E-state index contributed by atoms with van der Waals surface area (Å²) in [6.45, 7) is 0. The van der Waals surface area contributed by atoms with Gasteiger partial charge in [-0.05, 0) is 12.1 Å². The molecule has 1 heterocycles. The van der Waals surface area contributed by atoms with Crippen molar-refractivity contribution in [1.82, 2.24) is 10.2 Å². The second-order valence-electron chi connectivity index (χ2n) is 2.42. The predicted molar refractivity (Wildman–Crippen MR) is 48.2 cm³/mol. The van der Waals surface area contributed by atoms with Gasteiger partial charge in [0, 0.05) is 4.47 Å². The highest BCUT2D eigenvalue weighted by Gasteiger charge is 2.08. The molecule has 0 amide bonds. The van der Waals surface area contributed by atoms with Gasteiger partial charge in [0.1, 0.15) is 5.82 Å². The number of aromatic nitrogens is 2. The first kappa shape index (κ1) is 7.54. The number of halogens is 2. The molecule has 1 aromatic heterocycles. The largest absolute Gasteiger partial charge is 0.382 e. The molecular formula is C7H5BrFN3. The van der Waals surface area contributed by atoms with Crippen LogP contribution in [-0.2, 0) is 0 Å². The lowest BCUT2D eigenvalue weighted by Gasteiger charge is -1.93. The van der Waals surface area contributed by atoms with Crippen molar-refractivity contribution in [3.05, 3.63) is 22.4 Å². The van der Waals surface area contributed by atoms with Crippen molar-refractivity contribution in [2.75, 3.05) is 5.73 Å². The number of fused-ring (bicyclic) bond motifs is 1. The average Bonchev–Trinajstić information content (AvgIpc) is 2.31. The number of anilines is 1. The third kappa shape index (κ3) is 0.972. The van der Waals surface area contributed by atoms with Gasteiger partial charge in [0.15, 0.2) is 5.82 Å². The molecule has 2 aromatic rings. The zero-order chi connectivity index (χ0) is 8.72. The molecule has 62 valence electrons. The van der Waals surface area contributed by atoms with E-state index in [1.54, 1.807) is 6.07 Å². The fraction of sp³-hybridized carbons (Fsp3) is 0. The number of rotatable bonds is 0. The van der Waals surface area contributed by atoms with E-state index < -0.39 is 0 Å². The first-order valence-electron chi connectivity index (χ1n) is 3.27. The first-order valence-corrected chi connectivity index (χ1v) is 4.06. The maximum absolute atomic E-state index is 13.2. The van der Waals surface area contributed by atoms with Crippen LogP contribution < -0.4 is 5.73 Å². The molecule has 0 aliphatic heterocycles. The Bertz CT molecular complexity index is 437. The van der Waals surface area contributed by atoms with Crippen LogP contribution in [0.15, 0.2) is 16.6 Å². The minimum absolute atomic E-state index is 0.190. The molecule has 0 radical (unpaired) electrons. The van der Waals surface area contributed by atoms with E-state index in [0.717, 1.165) is 0 Å². The van der Waals surface area contributed by atoms with Crippen LogP contribution in [0.3, 0.4) is 0 Å². The smallest absolute Gasteiger partial charge is 0.156 e. The summed E-state index contributed by atoms with van der Waals surface area (Å²) in [5, 5.41) is 6.66. The van der Waals surface area contributed by atoms with Crippen molar-refractivity contribution in [3.8, 4) is 0 Å². The Balaban J connectivity index is 2.93. The van der Waals surface area contributed by atoms with E-state index in [0.29, 0.717) is 15.4 Å². The van der Waals surface area contributed by atoms with Crippen molar-refractivity contribution in [1.29, 1.82) is 0 Å². The zero-order valence-electron chi connectivity index (χ0n) is 5.94. The number of nitrogens with two attached hydrogens (primary N) is 1. The summed E-state index contributed by atoms with van der Waals surface area (Å²) in [5.74, 6) is -0.180. The molecule has 0 aliphatic rings. The SMILES string of the molecule is Nc1n[nH]c2cc(Br)cc(F)c12. The van der Waals surface area contributed by atoms with Crippen molar-refractivity contribution < 1.29 is 4.39 Å². The molecule has 1 aromatic carbocycles. The first-order chi connectivity index (χ1) is 5.68. The summed E-state index contributed by atoms with van der Waals surface area (Å²) in [6, 6.07) is 3.08. The van der Waals surface area contributed by atoms with Crippen LogP contribution in [0.1, 0.15) is 0 Å². The molecule has 2 rings (SSSR count). The maximum Gasteiger partial charge on any atom is 0.156 e.